The molecule has 1 fully saturated rings. The molecule has 1 unspecified atom stereocenters. The van der Waals surface area contributed by atoms with Crippen LogP contribution in [0.1, 0.15) is 18.4 Å². The number of amides is 1. The van der Waals surface area contributed by atoms with Crippen LogP contribution in [-0.4, -0.2) is 38.6 Å². The number of anilines is 3. The molecular weight excluding hydrogens is 407 g/mol. The molecule has 2 aromatic carbocycles. The van der Waals surface area contributed by atoms with Crippen molar-refractivity contribution in [2.45, 2.75) is 19.3 Å². The summed E-state index contributed by atoms with van der Waals surface area (Å²) in [5.74, 6) is 0.613. The molecule has 158 valence electrons. The van der Waals surface area contributed by atoms with Gasteiger partial charge in [0, 0.05) is 43.2 Å². The first kappa shape index (κ1) is 23.2. The van der Waals surface area contributed by atoms with E-state index in [4.69, 9.17) is 5.73 Å². The molecule has 0 bridgehead atoms. The maximum absolute atomic E-state index is 12.5. The highest BCUT2D eigenvalue weighted by molar-refractivity contribution is 5.85. The van der Waals surface area contributed by atoms with E-state index in [0.717, 1.165) is 56.8 Å². The van der Waals surface area contributed by atoms with Gasteiger partial charge in [-0.05, 0) is 55.0 Å². The molecule has 2 aliphatic rings. The van der Waals surface area contributed by atoms with E-state index in [1.807, 2.05) is 18.2 Å². The molecule has 2 heterocycles. The lowest BCUT2D eigenvalue weighted by Gasteiger charge is -2.31. The normalized spacial score (nSPS) is 17.7. The van der Waals surface area contributed by atoms with Crippen molar-refractivity contribution in [1.29, 1.82) is 0 Å². The number of hydrogen-bond donors (Lipinski definition) is 2. The molecule has 0 radical (unpaired) electrons. The number of nitrogen functional groups attached to an aromatic ring is 1. The van der Waals surface area contributed by atoms with Gasteiger partial charge >= 0.3 is 0 Å². The number of fused-ring (bicyclic) bond motifs is 1. The number of carbonyl (C=O) groups is 1. The minimum Gasteiger partial charge on any atom is -0.398 e. The Labute approximate surface area is 185 Å². The van der Waals surface area contributed by atoms with Crippen LogP contribution in [0.25, 0.3) is 0 Å². The molecule has 2 aliphatic heterocycles. The van der Waals surface area contributed by atoms with Crippen molar-refractivity contribution in [1.82, 2.24) is 5.32 Å². The topological polar surface area (TPSA) is 61.6 Å². The second-order valence-corrected chi connectivity index (χ2v) is 7.61. The van der Waals surface area contributed by atoms with E-state index < -0.39 is 0 Å². The zero-order chi connectivity index (χ0) is 18.6. The van der Waals surface area contributed by atoms with E-state index in [2.05, 4.69) is 45.4 Å². The first-order valence-electron chi connectivity index (χ1n) is 9.90. The van der Waals surface area contributed by atoms with Gasteiger partial charge in [0.2, 0.25) is 5.91 Å². The Morgan fingerprint density at radius 3 is 2.66 bits per heavy atom. The van der Waals surface area contributed by atoms with Crippen LogP contribution in [0.15, 0.2) is 48.5 Å². The van der Waals surface area contributed by atoms with Crippen LogP contribution < -0.4 is 20.9 Å². The van der Waals surface area contributed by atoms with Crippen molar-refractivity contribution in [3.63, 3.8) is 0 Å². The zero-order valence-corrected chi connectivity index (χ0v) is 18.2. The number of halogens is 2. The maximum Gasteiger partial charge on any atom is 0.239 e. The molecule has 1 saturated heterocycles. The number of para-hydroxylation sites is 1. The Morgan fingerprint density at radius 2 is 1.86 bits per heavy atom. The predicted molar refractivity (Wildman–Crippen MR) is 126 cm³/mol. The molecule has 2 aromatic rings. The van der Waals surface area contributed by atoms with E-state index in [9.17, 15) is 4.79 Å². The molecule has 0 spiro atoms. The number of rotatable bonds is 5. The van der Waals surface area contributed by atoms with E-state index in [0.29, 0.717) is 12.5 Å². The van der Waals surface area contributed by atoms with Crippen molar-refractivity contribution in [2.24, 2.45) is 5.92 Å². The summed E-state index contributed by atoms with van der Waals surface area (Å²) in [6.07, 6.45) is 3.17. The molecule has 0 saturated carbocycles. The lowest BCUT2D eigenvalue weighted by atomic mass is 10.00. The maximum atomic E-state index is 12.5. The fourth-order valence-corrected chi connectivity index (χ4v) is 4.25. The summed E-state index contributed by atoms with van der Waals surface area (Å²) in [5.41, 5.74) is 10.5. The van der Waals surface area contributed by atoms with Gasteiger partial charge in [-0.25, -0.2) is 0 Å². The van der Waals surface area contributed by atoms with Crippen molar-refractivity contribution in [2.75, 3.05) is 48.3 Å². The van der Waals surface area contributed by atoms with Crippen LogP contribution in [0, 0.1) is 5.92 Å². The van der Waals surface area contributed by atoms with Crippen LogP contribution in [0.3, 0.4) is 0 Å². The summed E-state index contributed by atoms with van der Waals surface area (Å²) in [7, 11) is 0. The van der Waals surface area contributed by atoms with E-state index in [-0.39, 0.29) is 30.7 Å². The van der Waals surface area contributed by atoms with Gasteiger partial charge in [-0.3, -0.25) is 4.79 Å². The van der Waals surface area contributed by atoms with Gasteiger partial charge < -0.3 is 20.9 Å². The molecule has 7 heteroatoms. The fourth-order valence-electron chi connectivity index (χ4n) is 4.25. The summed E-state index contributed by atoms with van der Waals surface area (Å²) < 4.78 is 0. The van der Waals surface area contributed by atoms with Crippen LogP contribution in [0.5, 0.6) is 0 Å². The second kappa shape index (κ2) is 10.6. The van der Waals surface area contributed by atoms with Crippen LogP contribution in [-0.2, 0) is 11.2 Å². The SMILES string of the molecule is Cl.Cl.Nc1cccc2c1CCCN2CC(=O)NCC1CCN(c2ccccc2)C1. The van der Waals surface area contributed by atoms with Crippen LogP contribution in [0.4, 0.5) is 17.1 Å². The van der Waals surface area contributed by atoms with Crippen molar-refractivity contribution in [3.8, 4) is 0 Å². The average Bonchev–Trinajstić information content (AvgIpc) is 3.17. The first-order chi connectivity index (χ1) is 13.2. The largest absolute Gasteiger partial charge is 0.398 e. The molecule has 3 N–H and O–H groups in total. The van der Waals surface area contributed by atoms with Gasteiger partial charge in [0.25, 0.3) is 0 Å². The minimum atomic E-state index is 0. The van der Waals surface area contributed by atoms with Crippen LogP contribution >= 0.6 is 24.8 Å². The van der Waals surface area contributed by atoms with Gasteiger partial charge in [0.1, 0.15) is 0 Å². The molecule has 1 atom stereocenters. The Hall–Kier alpha value is -2.11. The first-order valence-corrected chi connectivity index (χ1v) is 9.90. The quantitative estimate of drug-likeness (QED) is 0.703. The lowest BCUT2D eigenvalue weighted by Crippen LogP contribution is -2.41. The number of benzene rings is 2. The minimum absolute atomic E-state index is 0. The number of hydrogen-bond acceptors (Lipinski definition) is 4. The molecule has 0 aliphatic carbocycles. The Bertz CT molecular complexity index is 803. The second-order valence-electron chi connectivity index (χ2n) is 7.61. The summed E-state index contributed by atoms with van der Waals surface area (Å²) in [4.78, 5) is 17.1. The Morgan fingerprint density at radius 1 is 1.07 bits per heavy atom. The van der Waals surface area contributed by atoms with Crippen LogP contribution in [0.2, 0.25) is 0 Å². The fraction of sp³-hybridized carbons (Fsp3) is 0.409. The molecule has 5 nitrogen and oxygen atoms in total. The molecule has 4 rings (SSSR count). The van der Waals surface area contributed by atoms with E-state index in [1.54, 1.807) is 0 Å². The Balaban J connectivity index is 0.00000150. The van der Waals surface area contributed by atoms with Gasteiger partial charge in [0.05, 0.1) is 6.54 Å². The van der Waals surface area contributed by atoms with Gasteiger partial charge in [-0.1, -0.05) is 24.3 Å². The van der Waals surface area contributed by atoms with Gasteiger partial charge in [0.15, 0.2) is 0 Å². The van der Waals surface area contributed by atoms with Gasteiger partial charge in [-0.15, -0.1) is 24.8 Å². The molecular formula is C22H30Cl2N4O. The van der Waals surface area contributed by atoms with E-state index >= 15 is 0 Å². The highest BCUT2D eigenvalue weighted by Gasteiger charge is 2.24. The van der Waals surface area contributed by atoms with Gasteiger partial charge in [-0.2, -0.15) is 0 Å². The average molecular weight is 437 g/mol. The predicted octanol–water partition coefficient (Wildman–Crippen LogP) is 3.51. The Kier molecular flexibility index (Phi) is 8.47. The lowest BCUT2D eigenvalue weighted by molar-refractivity contribution is -0.119. The third-order valence-corrected chi connectivity index (χ3v) is 5.71. The van der Waals surface area contributed by atoms with Crippen molar-refractivity contribution in [3.05, 3.63) is 54.1 Å². The molecule has 29 heavy (non-hydrogen) atoms. The number of nitrogens with one attached hydrogen (secondary N) is 1. The smallest absolute Gasteiger partial charge is 0.239 e. The monoisotopic (exact) mass is 436 g/mol. The van der Waals surface area contributed by atoms with Crippen molar-refractivity contribution < 1.29 is 4.79 Å². The third-order valence-electron chi connectivity index (χ3n) is 5.71. The summed E-state index contributed by atoms with van der Waals surface area (Å²) in [6.45, 7) is 4.14. The highest BCUT2D eigenvalue weighted by Crippen LogP contribution is 2.31. The third kappa shape index (κ3) is 5.49. The number of carbonyl (C=O) groups excluding carboxylic acids is 1. The molecule has 0 aromatic heterocycles. The summed E-state index contributed by atoms with van der Waals surface area (Å²) in [5, 5.41) is 3.15. The van der Waals surface area contributed by atoms with Crippen molar-refractivity contribution >= 4 is 47.8 Å². The summed E-state index contributed by atoms with van der Waals surface area (Å²) >= 11 is 0. The molecule has 1 amide bonds. The summed E-state index contributed by atoms with van der Waals surface area (Å²) in [6, 6.07) is 16.5. The zero-order valence-electron chi connectivity index (χ0n) is 16.5. The number of nitrogens with zero attached hydrogens (tertiary/aromatic N) is 2. The number of nitrogens with two attached hydrogens (primary N) is 1. The standard InChI is InChI=1S/C22H28N4O.2ClH/c23-20-9-4-10-21-19(20)8-5-12-26(21)16-22(27)24-14-17-11-13-25(15-17)18-6-2-1-3-7-18;;/h1-4,6-7,9-10,17H,5,8,11-16,23H2,(H,24,27);2*1H. The van der Waals surface area contributed by atoms with E-state index in [1.165, 1.54) is 11.3 Å². The highest BCUT2D eigenvalue weighted by atomic mass is 35.5.